The van der Waals surface area contributed by atoms with Crippen molar-refractivity contribution >= 4 is 26.9 Å². The van der Waals surface area contributed by atoms with Gasteiger partial charge in [0, 0.05) is 28.2 Å². The smallest absolute Gasteiger partial charge is 0.202 e. The average Bonchev–Trinajstić information content (AvgIpc) is 2.77. The number of ketones is 2. The quantitative estimate of drug-likeness (QED) is 0.236. The molecule has 0 aliphatic carbocycles. The second-order valence-electron chi connectivity index (χ2n) is 6.08. The van der Waals surface area contributed by atoms with Crippen LogP contribution in [0.2, 0.25) is 0 Å². The van der Waals surface area contributed by atoms with Crippen molar-refractivity contribution in [3.63, 3.8) is 0 Å². The van der Waals surface area contributed by atoms with Gasteiger partial charge in [-0.2, -0.15) is 0 Å². The number of hydrogen-bond donors (Lipinski definition) is 0. The van der Waals surface area contributed by atoms with E-state index in [1.165, 1.54) is 0 Å². The second-order valence-corrected chi connectivity index (χ2v) is 8.05. The summed E-state index contributed by atoms with van der Waals surface area (Å²) in [5.74, 6) is 2.08. The molecule has 0 aromatic heterocycles. The molecular formula is C25H20O2S. The van der Waals surface area contributed by atoms with Crippen LogP contribution < -0.4 is 0 Å². The summed E-state index contributed by atoms with van der Waals surface area (Å²) in [5.41, 5.74) is 0.510. The zero-order chi connectivity index (χ0) is 19.8. The van der Waals surface area contributed by atoms with E-state index in [-0.39, 0.29) is 18.0 Å². The van der Waals surface area contributed by atoms with Crippen LogP contribution in [0.4, 0.5) is 0 Å². The Morgan fingerprint density at radius 3 is 1.68 bits per heavy atom. The van der Waals surface area contributed by atoms with Gasteiger partial charge in [-0.05, 0) is 24.3 Å². The molecule has 3 aromatic carbocycles. The maximum atomic E-state index is 13.4. The lowest BCUT2D eigenvalue weighted by Crippen LogP contribution is -2.25. The molecule has 3 rings (SSSR count). The fourth-order valence-electron chi connectivity index (χ4n) is 2.84. The molecule has 0 aliphatic heterocycles. The summed E-state index contributed by atoms with van der Waals surface area (Å²) in [6, 6.07) is 28.3. The van der Waals surface area contributed by atoms with Gasteiger partial charge in [-0.3, -0.25) is 9.59 Å². The van der Waals surface area contributed by atoms with Crippen LogP contribution in [0, 0.1) is 12.3 Å². The van der Waals surface area contributed by atoms with Crippen molar-refractivity contribution in [1.82, 2.24) is 0 Å². The van der Waals surface area contributed by atoms with Crippen molar-refractivity contribution in [2.24, 2.45) is 0 Å². The third kappa shape index (κ3) is 4.54. The average molecular weight is 385 g/mol. The van der Waals surface area contributed by atoms with Gasteiger partial charge in [-0.25, -0.2) is 0 Å². The van der Waals surface area contributed by atoms with E-state index in [9.17, 15) is 9.59 Å². The normalized spacial score (nSPS) is 10.3. The van der Waals surface area contributed by atoms with Gasteiger partial charge >= 0.3 is 0 Å². The first-order chi connectivity index (χ1) is 13.7. The first-order valence-corrected chi connectivity index (χ1v) is 10.2. The third-order valence-electron chi connectivity index (χ3n) is 4.15. The summed E-state index contributed by atoms with van der Waals surface area (Å²) < 4.78 is 0. The van der Waals surface area contributed by atoms with Gasteiger partial charge in [-0.1, -0.05) is 66.7 Å². The molecule has 3 aromatic rings. The van der Waals surface area contributed by atoms with Crippen LogP contribution in [0.5, 0.6) is 0 Å². The number of rotatable bonds is 7. The molecule has 0 unspecified atom stereocenters. The lowest BCUT2D eigenvalue weighted by atomic mass is 10.0. The molecule has 28 heavy (non-hydrogen) atoms. The standard InChI is InChI=1S/C25H20O2S/c1-2-3-19-23(26)25(24(27)20-13-7-4-8-14-20)28(21-15-9-5-10-16-21)22-17-11-6-12-18-22/h1,4-18H,3,19H2. The van der Waals surface area contributed by atoms with E-state index in [2.05, 4.69) is 5.92 Å². The molecule has 0 atom stereocenters. The molecular weight excluding hydrogens is 364 g/mol. The molecule has 0 radical (unpaired) electrons. The van der Waals surface area contributed by atoms with E-state index in [4.69, 9.17) is 6.42 Å². The number of carbonyl (C=O) groups is 2. The molecule has 0 saturated carbocycles. The number of hydrogen-bond acceptors (Lipinski definition) is 2. The van der Waals surface area contributed by atoms with E-state index in [1.807, 2.05) is 66.7 Å². The maximum Gasteiger partial charge on any atom is 0.202 e. The highest BCUT2D eigenvalue weighted by atomic mass is 32.2. The fraction of sp³-hybridized carbons (Fsp3) is 0.0800. The van der Waals surface area contributed by atoms with Crippen LogP contribution in [-0.2, 0) is 4.79 Å². The van der Waals surface area contributed by atoms with Gasteiger partial charge < -0.3 is 0 Å². The molecule has 0 heterocycles. The summed E-state index contributed by atoms with van der Waals surface area (Å²) in [5, 5.41) is 0. The Morgan fingerprint density at radius 1 is 0.750 bits per heavy atom. The number of benzene rings is 3. The molecule has 3 heteroatoms. The summed E-state index contributed by atoms with van der Waals surface area (Å²) in [6.45, 7) is 0. The molecule has 0 saturated heterocycles. The Kier molecular flexibility index (Phi) is 6.73. The number of carbonyl (C=O) groups excluding carboxylic acids is 2. The van der Waals surface area contributed by atoms with E-state index in [1.54, 1.807) is 24.3 Å². The van der Waals surface area contributed by atoms with Crippen molar-refractivity contribution in [2.75, 3.05) is 0 Å². The van der Waals surface area contributed by atoms with Gasteiger partial charge in [0.2, 0.25) is 5.78 Å². The summed E-state index contributed by atoms with van der Waals surface area (Å²) in [7, 11) is -0.804. The molecule has 138 valence electrons. The van der Waals surface area contributed by atoms with Crippen LogP contribution in [-0.4, -0.2) is 16.4 Å². The van der Waals surface area contributed by atoms with E-state index >= 15 is 0 Å². The lowest BCUT2D eigenvalue weighted by Gasteiger charge is -2.16. The second kappa shape index (κ2) is 9.64. The Hall–Kier alpha value is -3.22. The highest BCUT2D eigenvalue weighted by Gasteiger charge is 2.25. The molecule has 2 nitrogen and oxygen atoms in total. The van der Waals surface area contributed by atoms with E-state index in [0.29, 0.717) is 16.8 Å². The lowest BCUT2D eigenvalue weighted by molar-refractivity contribution is -0.112. The molecule has 0 amide bonds. The Morgan fingerprint density at radius 2 is 1.21 bits per heavy atom. The zero-order valence-corrected chi connectivity index (χ0v) is 16.2. The molecule has 0 spiro atoms. The number of terminal acetylenes is 1. The van der Waals surface area contributed by atoms with Gasteiger partial charge in [-0.15, -0.1) is 22.8 Å². The first kappa shape index (κ1) is 19.5. The first-order valence-electron chi connectivity index (χ1n) is 9.00. The highest BCUT2D eigenvalue weighted by Crippen LogP contribution is 2.38. The van der Waals surface area contributed by atoms with Crippen LogP contribution >= 0.6 is 10.5 Å². The Labute approximate surface area is 168 Å². The third-order valence-corrected chi connectivity index (χ3v) is 6.46. The predicted octanol–water partition coefficient (Wildman–Crippen LogP) is 5.41. The van der Waals surface area contributed by atoms with Crippen molar-refractivity contribution in [3.05, 3.63) is 96.6 Å². The van der Waals surface area contributed by atoms with Crippen LogP contribution in [0.1, 0.15) is 23.2 Å². The maximum absolute atomic E-state index is 13.4. The fourth-order valence-corrected chi connectivity index (χ4v) is 5.07. The summed E-state index contributed by atoms with van der Waals surface area (Å²) >= 11 is 0. The predicted molar refractivity (Wildman–Crippen MR) is 116 cm³/mol. The zero-order valence-electron chi connectivity index (χ0n) is 15.4. The molecule has 0 aliphatic rings. The van der Waals surface area contributed by atoms with E-state index in [0.717, 1.165) is 9.79 Å². The Bertz CT molecular complexity index is 989. The highest BCUT2D eigenvalue weighted by molar-refractivity contribution is 8.18. The summed E-state index contributed by atoms with van der Waals surface area (Å²) in [6.07, 6.45) is 5.84. The van der Waals surface area contributed by atoms with Gasteiger partial charge in [0.15, 0.2) is 5.78 Å². The van der Waals surface area contributed by atoms with Crippen LogP contribution in [0.25, 0.3) is 0 Å². The van der Waals surface area contributed by atoms with Gasteiger partial charge in [0.1, 0.15) is 0 Å². The van der Waals surface area contributed by atoms with Crippen LogP contribution in [0.3, 0.4) is 0 Å². The SMILES string of the molecule is C#CCCC(=O)C(C(=O)c1ccccc1)=S(c1ccccc1)c1ccccc1. The van der Waals surface area contributed by atoms with Crippen molar-refractivity contribution in [2.45, 2.75) is 22.6 Å². The van der Waals surface area contributed by atoms with Crippen molar-refractivity contribution in [1.29, 1.82) is 0 Å². The van der Waals surface area contributed by atoms with Crippen molar-refractivity contribution in [3.8, 4) is 12.3 Å². The van der Waals surface area contributed by atoms with Crippen LogP contribution in [0.15, 0.2) is 101 Å². The molecule has 0 fully saturated rings. The molecule has 0 N–H and O–H groups in total. The minimum atomic E-state index is -0.804. The van der Waals surface area contributed by atoms with E-state index < -0.39 is 10.5 Å². The van der Waals surface area contributed by atoms with Crippen molar-refractivity contribution < 1.29 is 9.59 Å². The minimum absolute atomic E-state index is 0.160. The topological polar surface area (TPSA) is 34.1 Å². The Balaban J connectivity index is 2.28. The summed E-state index contributed by atoms with van der Waals surface area (Å²) in [4.78, 5) is 28.7. The molecule has 0 bridgehead atoms. The minimum Gasteiger partial charge on any atom is -0.293 e. The largest absolute Gasteiger partial charge is 0.293 e. The van der Waals surface area contributed by atoms with Gasteiger partial charge in [0.05, 0.1) is 4.86 Å². The van der Waals surface area contributed by atoms with Gasteiger partial charge in [0.25, 0.3) is 0 Å². The monoisotopic (exact) mass is 384 g/mol. The number of Topliss-reactive ketones (excluding diaryl/α,β-unsaturated/α-hetero) is 2.